The molecule has 2 aromatic rings. The maximum Gasteiger partial charge on any atom is 0.260 e. The number of thiazole rings is 1. The van der Waals surface area contributed by atoms with Crippen molar-refractivity contribution in [1.82, 2.24) is 9.97 Å². The lowest BCUT2D eigenvalue weighted by atomic mass is 10.3. The number of amides is 1. The van der Waals surface area contributed by atoms with Crippen LogP contribution in [0.5, 0.6) is 0 Å². The second-order valence-electron chi connectivity index (χ2n) is 2.77. The average Bonchev–Trinajstić information content (AvgIpc) is 2.64. The Bertz CT molecular complexity index is 529. The molecule has 0 aliphatic heterocycles. The zero-order valence-corrected chi connectivity index (χ0v) is 10.1. The molecule has 7 heteroatoms. The van der Waals surface area contributed by atoms with Gasteiger partial charge in [-0.1, -0.05) is 34.5 Å². The van der Waals surface area contributed by atoms with Crippen molar-refractivity contribution in [3.63, 3.8) is 0 Å². The fourth-order valence-electron chi connectivity index (χ4n) is 1.03. The molecule has 1 amide bonds. The van der Waals surface area contributed by atoms with Crippen LogP contribution in [0.2, 0.25) is 9.49 Å². The van der Waals surface area contributed by atoms with Gasteiger partial charge in [0.25, 0.3) is 5.91 Å². The highest BCUT2D eigenvalue weighted by molar-refractivity contribution is 7.19. The number of nitrogens with zero attached hydrogens (tertiary/aromatic N) is 2. The normalized spacial score (nSPS) is 10.1. The van der Waals surface area contributed by atoms with Crippen molar-refractivity contribution >= 4 is 45.6 Å². The molecule has 0 atom stereocenters. The molecular weight excluding hydrogens is 269 g/mol. The predicted molar refractivity (Wildman–Crippen MR) is 64.3 cm³/mol. The average molecular weight is 274 g/mol. The SMILES string of the molecule is O=C(Nc1ncc(Cl)s1)c1cccnc1Cl. The summed E-state index contributed by atoms with van der Waals surface area (Å²) in [5.74, 6) is -0.357. The molecule has 16 heavy (non-hydrogen) atoms. The van der Waals surface area contributed by atoms with Gasteiger partial charge in [-0.25, -0.2) is 9.97 Å². The third-order valence-corrected chi connectivity index (χ3v) is 3.03. The maximum absolute atomic E-state index is 11.7. The van der Waals surface area contributed by atoms with Gasteiger partial charge in [0.1, 0.15) is 9.49 Å². The summed E-state index contributed by atoms with van der Waals surface area (Å²) < 4.78 is 0.507. The Morgan fingerprint density at radius 2 is 2.19 bits per heavy atom. The lowest BCUT2D eigenvalue weighted by molar-refractivity contribution is 0.102. The molecule has 0 aromatic carbocycles. The quantitative estimate of drug-likeness (QED) is 0.856. The highest BCUT2D eigenvalue weighted by Crippen LogP contribution is 2.23. The van der Waals surface area contributed by atoms with E-state index in [4.69, 9.17) is 23.2 Å². The van der Waals surface area contributed by atoms with Crippen molar-refractivity contribution in [2.24, 2.45) is 0 Å². The van der Waals surface area contributed by atoms with Gasteiger partial charge < -0.3 is 0 Å². The molecule has 0 radical (unpaired) electrons. The number of anilines is 1. The van der Waals surface area contributed by atoms with Gasteiger partial charge in [0.05, 0.1) is 11.8 Å². The van der Waals surface area contributed by atoms with Crippen molar-refractivity contribution in [1.29, 1.82) is 0 Å². The number of hydrogen-bond acceptors (Lipinski definition) is 4. The lowest BCUT2D eigenvalue weighted by Gasteiger charge is -2.02. The Morgan fingerprint density at radius 3 is 2.81 bits per heavy atom. The van der Waals surface area contributed by atoms with E-state index in [1.807, 2.05) is 0 Å². The Morgan fingerprint density at radius 1 is 1.38 bits per heavy atom. The number of hydrogen-bond donors (Lipinski definition) is 1. The summed E-state index contributed by atoms with van der Waals surface area (Å²) in [5, 5.41) is 3.16. The Labute approximate surface area is 105 Å². The molecule has 1 N–H and O–H groups in total. The van der Waals surface area contributed by atoms with Gasteiger partial charge in [-0.05, 0) is 12.1 Å². The van der Waals surface area contributed by atoms with Gasteiger partial charge in [-0.15, -0.1) is 0 Å². The number of aromatic nitrogens is 2. The summed E-state index contributed by atoms with van der Waals surface area (Å²) in [5.41, 5.74) is 0.301. The molecule has 0 saturated heterocycles. The number of pyridine rings is 1. The summed E-state index contributed by atoms with van der Waals surface area (Å²) in [6, 6.07) is 3.22. The summed E-state index contributed by atoms with van der Waals surface area (Å²) in [6.07, 6.45) is 2.98. The van der Waals surface area contributed by atoms with Crippen LogP contribution >= 0.6 is 34.5 Å². The van der Waals surface area contributed by atoms with Crippen LogP contribution in [-0.2, 0) is 0 Å². The molecule has 0 fully saturated rings. The van der Waals surface area contributed by atoms with E-state index in [1.54, 1.807) is 12.1 Å². The van der Waals surface area contributed by atoms with Crippen LogP contribution in [-0.4, -0.2) is 15.9 Å². The first-order valence-corrected chi connectivity index (χ1v) is 5.77. The predicted octanol–water partition coefficient (Wildman–Crippen LogP) is 3.10. The van der Waals surface area contributed by atoms with E-state index in [-0.39, 0.29) is 11.1 Å². The van der Waals surface area contributed by atoms with E-state index in [0.717, 1.165) is 0 Å². The molecule has 2 aromatic heterocycles. The third kappa shape index (κ3) is 2.49. The van der Waals surface area contributed by atoms with Crippen LogP contribution < -0.4 is 5.32 Å². The second kappa shape index (κ2) is 4.78. The van der Waals surface area contributed by atoms with Crippen molar-refractivity contribution < 1.29 is 4.79 Å². The summed E-state index contributed by atoms with van der Waals surface area (Å²) in [7, 11) is 0. The monoisotopic (exact) mass is 273 g/mol. The second-order valence-corrected chi connectivity index (χ2v) is 4.79. The van der Waals surface area contributed by atoms with E-state index in [1.165, 1.54) is 23.7 Å². The molecular formula is C9H5Cl2N3OS. The van der Waals surface area contributed by atoms with E-state index in [0.29, 0.717) is 15.0 Å². The topological polar surface area (TPSA) is 54.9 Å². The molecule has 0 saturated carbocycles. The first-order chi connectivity index (χ1) is 7.66. The molecule has 0 unspecified atom stereocenters. The summed E-state index contributed by atoms with van der Waals surface area (Å²) in [4.78, 5) is 19.4. The van der Waals surface area contributed by atoms with Crippen molar-refractivity contribution in [3.05, 3.63) is 39.6 Å². The highest BCUT2D eigenvalue weighted by atomic mass is 35.5. The lowest BCUT2D eigenvalue weighted by Crippen LogP contribution is -2.12. The molecule has 2 heterocycles. The number of halogens is 2. The fraction of sp³-hybridized carbons (Fsp3) is 0. The van der Waals surface area contributed by atoms with E-state index < -0.39 is 0 Å². The minimum absolute atomic E-state index is 0.155. The molecule has 0 spiro atoms. The molecule has 0 aliphatic rings. The zero-order valence-electron chi connectivity index (χ0n) is 7.78. The van der Waals surface area contributed by atoms with Crippen LogP contribution in [0.3, 0.4) is 0 Å². The van der Waals surface area contributed by atoms with Gasteiger partial charge in [-0.2, -0.15) is 0 Å². The maximum atomic E-state index is 11.7. The Balaban J connectivity index is 2.18. The molecule has 0 bridgehead atoms. The van der Waals surface area contributed by atoms with Crippen molar-refractivity contribution in [2.75, 3.05) is 5.32 Å². The Hall–Kier alpha value is -1.17. The molecule has 4 nitrogen and oxygen atoms in total. The number of carbonyl (C=O) groups is 1. The molecule has 2 rings (SSSR count). The smallest absolute Gasteiger partial charge is 0.260 e. The minimum atomic E-state index is -0.357. The van der Waals surface area contributed by atoms with Crippen LogP contribution in [0.25, 0.3) is 0 Å². The largest absolute Gasteiger partial charge is 0.298 e. The van der Waals surface area contributed by atoms with Crippen molar-refractivity contribution in [3.8, 4) is 0 Å². The standard InChI is InChI=1S/C9H5Cl2N3OS/c10-6-4-13-9(16-6)14-8(15)5-2-1-3-12-7(5)11/h1-4H,(H,13,14,15). The van der Waals surface area contributed by atoms with Crippen LogP contribution in [0.4, 0.5) is 5.13 Å². The minimum Gasteiger partial charge on any atom is -0.298 e. The first kappa shape index (κ1) is 11.3. The third-order valence-electron chi connectivity index (χ3n) is 1.70. The molecule has 82 valence electrons. The summed E-state index contributed by atoms with van der Waals surface area (Å²) >= 11 is 12.6. The van der Waals surface area contributed by atoms with Gasteiger partial charge in [0.15, 0.2) is 5.13 Å². The Kier molecular flexibility index (Phi) is 3.38. The van der Waals surface area contributed by atoms with E-state index in [9.17, 15) is 4.79 Å². The van der Waals surface area contributed by atoms with E-state index in [2.05, 4.69) is 15.3 Å². The zero-order chi connectivity index (χ0) is 11.5. The number of rotatable bonds is 2. The van der Waals surface area contributed by atoms with Crippen molar-refractivity contribution in [2.45, 2.75) is 0 Å². The highest BCUT2D eigenvalue weighted by Gasteiger charge is 2.12. The van der Waals surface area contributed by atoms with Crippen LogP contribution in [0.15, 0.2) is 24.5 Å². The van der Waals surface area contributed by atoms with Gasteiger partial charge in [0, 0.05) is 6.20 Å². The fourth-order valence-corrected chi connectivity index (χ4v) is 2.04. The van der Waals surface area contributed by atoms with E-state index >= 15 is 0 Å². The molecule has 0 aliphatic carbocycles. The van der Waals surface area contributed by atoms with Crippen LogP contribution in [0.1, 0.15) is 10.4 Å². The number of carbonyl (C=O) groups excluding carboxylic acids is 1. The first-order valence-electron chi connectivity index (χ1n) is 4.20. The van der Waals surface area contributed by atoms with Gasteiger partial charge in [0.2, 0.25) is 0 Å². The van der Waals surface area contributed by atoms with Gasteiger partial charge >= 0.3 is 0 Å². The van der Waals surface area contributed by atoms with Gasteiger partial charge in [-0.3, -0.25) is 10.1 Å². The summed E-state index contributed by atoms with van der Waals surface area (Å²) in [6.45, 7) is 0. The van der Waals surface area contributed by atoms with Crippen LogP contribution in [0, 0.1) is 0 Å². The number of nitrogens with one attached hydrogen (secondary N) is 1.